The lowest BCUT2D eigenvalue weighted by Crippen LogP contribution is -2.40. The van der Waals surface area contributed by atoms with Crippen molar-refractivity contribution in [1.82, 2.24) is 21.3 Å². The molecule has 0 atom stereocenters. The lowest BCUT2D eigenvalue weighted by atomic mass is 10.1. The van der Waals surface area contributed by atoms with E-state index >= 15 is 0 Å². The van der Waals surface area contributed by atoms with Crippen molar-refractivity contribution in [2.24, 2.45) is 4.99 Å². The van der Waals surface area contributed by atoms with Crippen molar-refractivity contribution in [3.63, 3.8) is 0 Å². The summed E-state index contributed by atoms with van der Waals surface area (Å²) >= 11 is 0. The van der Waals surface area contributed by atoms with Crippen molar-refractivity contribution in [2.45, 2.75) is 46.2 Å². The highest BCUT2D eigenvalue weighted by Gasteiger charge is 2.15. The summed E-state index contributed by atoms with van der Waals surface area (Å²) in [5, 5.41) is 12.2. The van der Waals surface area contributed by atoms with Gasteiger partial charge in [-0.3, -0.25) is 9.59 Å². The van der Waals surface area contributed by atoms with E-state index in [0.717, 1.165) is 24.1 Å². The fraction of sp³-hybridized carbons (Fsp3) is 0.400. The predicted octanol–water partition coefficient (Wildman–Crippen LogP) is 2.87. The molecule has 0 saturated heterocycles. The zero-order valence-corrected chi connectivity index (χ0v) is 19.7. The van der Waals surface area contributed by atoms with Crippen LogP contribution in [0.25, 0.3) is 0 Å². The van der Waals surface area contributed by atoms with Gasteiger partial charge in [-0.15, -0.1) is 0 Å². The van der Waals surface area contributed by atoms with Crippen LogP contribution < -0.4 is 21.3 Å². The average Bonchev–Trinajstić information content (AvgIpc) is 2.76. The van der Waals surface area contributed by atoms with E-state index < -0.39 is 0 Å². The van der Waals surface area contributed by atoms with Crippen LogP contribution in [0.3, 0.4) is 0 Å². The number of carbonyl (C=O) groups excluding carboxylic acids is 2. The van der Waals surface area contributed by atoms with Crippen molar-refractivity contribution >= 4 is 17.8 Å². The van der Waals surface area contributed by atoms with Gasteiger partial charge in [-0.2, -0.15) is 0 Å². The minimum atomic E-state index is -0.284. The van der Waals surface area contributed by atoms with Gasteiger partial charge >= 0.3 is 0 Å². The Bertz CT molecular complexity index is 947. The van der Waals surface area contributed by atoms with Crippen LogP contribution in [-0.4, -0.2) is 43.5 Å². The number of nitrogens with one attached hydrogen (secondary N) is 4. The molecule has 0 unspecified atom stereocenters. The largest absolute Gasteiger partial charge is 0.357 e. The van der Waals surface area contributed by atoms with E-state index in [1.165, 1.54) is 0 Å². The van der Waals surface area contributed by atoms with E-state index in [1.54, 1.807) is 13.1 Å². The maximum absolute atomic E-state index is 12.4. The molecule has 0 bridgehead atoms. The van der Waals surface area contributed by atoms with Crippen LogP contribution >= 0.6 is 0 Å². The van der Waals surface area contributed by atoms with E-state index in [9.17, 15) is 9.59 Å². The number of aliphatic imine (C=N–C) groups is 1. The smallest absolute Gasteiger partial charge is 0.251 e. The van der Waals surface area contributed by atoms with E-state index in [2.05, 4.69) is 26.3 Å². The number of carbonyl (C=O) groups is 2. The Hall–Kier alpha value is -3.35. The maximum atomic E-state index is 12.4. The number of rotatable bonds is 8. The van der Waals surface area contributed by atoms with Crippen molar-refractivity contribution in [3.8, 4) is 0 Å². The number of hydrogen-bond acceptors (Lipinski definition) is 3. The molecule has 7 nitrogen and oxygen atoms in total. The molecule has 0 spiro atoms. The van der Waals surface area contributed by atoms with E-state index in [1.807, 2.05) is 70.2 Å². The third kappa shape index (κ3) is 8.41. The van der Waals surface area contributed by atoms with Gasteiger partial charge in [-0.1, -0.05) is 24.3 Å². The van der Waals surface area contributed by atoms with Gasteiger partial charge in [0.2, 0.25) is 0 Å². The first kappa shape index (κ1) is 24.9. The van der Waals surface area contributed by atoms with Gasteiger partial charge in [-0.25, -0.2) is 4.99 Å². The molecule has 32 heavy (non-hydrogen) atoms. The summed E-state index contributed by atoms with van der Waals surface area (Å²) in [5.41, 5.74) is 3.03. The van der Waals surface area contributed by atoms with Gasteiger partial charge in [0.15, 0.2) is 5.96 Å². The van der Waals surface area contributed by atoms with Crippen LogP contribution in [0.5, 0.6) is 0 Å². The van der Waals surface area contributed by atoms with Gasteiger partial charge in [0.05, 0.1) is 6.54 Å². The zero-order chi connectivity index (χ0) is 23.6. The molecule has 0 heterocycles. The molecule has 7 heteroatoms. The second-order valence-corrected chi connectivity index (χ2v) is 8.56. The molecule has 2 aromatic carbocycles. The molecule has 0 aliphatic rings. The first-order valence-corrected chi connectivity index (χ1v) is 11.0. The first-order chi connectivity index (χ1) is 15.2. The Labute approximate surface area is 191 Å². The molecule has 0 aliphatic carbocycles. The summed E-state index contributed by atoms with van der Waals surface area (Å²) in [5.74, 6) is 0.528. The van der Waals surface area contributed by atoms with Crippen LogP contribution in [0.4, 0.5) is 0 Å². The fourth-order valence-corrected chi connectivity index (χ4v) is 3.07. The zero-order valence-electron chi connectivity index (χ0n) is 19.7. The summed E-state index contributed by atoms with van der Waals surface area (Å²) < 4.78 is 0. The van der Waals surface area contributed by atoms with Crippen molar-refractivity contribution in [2.75, 3.05) is 20.1 Å². The van der Waals surface area contributed by atoms with Crippen LogP contribution in [0, 0.1) is 0 Å². The summed E-state index contributed by atoms with van der Waals surface area (Å²) in [6.07, 6.45) is 0.762. The maximum Gasteiger partial charge on any atom is 0.251 e. The van der Waals surface area contributed by atoms with Gasteiger partial charge in [0.25, 0.3) is 11.8 Å². The Morgan fingerprint density at radius 2 is 1.53 bits per heavy atom. The van der Waals surface area contributed by atoms with Crippen LogP contribution in [0.15, 0.2) is 53.5 Å². The number of benzene rings is 2. The monoisotopic (exact) mass is 437 g/mol. The lowest BCUT2D eigenvalue weighted by Gasteiger charge is -2.20. The molecule has 2 aromatic rings. The minimum absolute atomic E-state index is 0.0897. The van der Waals surface area contributed by atoms with Gasteiger partial charge < -0.3 is 21.3 Å². The van der Waals surface area contributed by atoms with Crippen LogP contribution in [0.1, 0.15) is 59.5 Å². The highest BCUT2D eigenvalue weighted by Crippen LogP contribution is 2.09. The highest BCUT2D eigenvalue weighted by molar-refractivity contribution is 5.95. The summed E-state index contributed by atoms with van der Waals surface area (Å²) in [6.45, 7) is 9.77. The first-order valence-electron chi connectivity index (χ1n) is 11.0. The molecule has 4 N–H and O–H groups in total. The molecule has 0 aromatic heterocycles. The number of nitrogens with zero attached hydrogens (tertiary/aromatic N) is 1. The van der Waals surface area contributed by atoms with Crippen LogP contribution in [-0.2, 0) is 13.0 Å². The number of amides is 2. The fourth-order valence-electron chi connectivity index (χ4n) is 3.07. The Balaban J connectivity index is 1.98. The van der Waals surface area contributed by atoms with E-state index in [0.29, 0.717) is 30.2 Å². The summed E-state index contributed by atoms with van der Waals surface area (Å²) in [4.78, 5) is 28.9. The average molecular weight is 438 g/mol. The lowest BCUT2D eigenvalue weighted by molar-refractivity contribution is 0.0918. The van der Waals surface area contributed by atoms with Gasteiger partial charge in [0.1, 0.15) is 0 Å². The molecule has 2 amide bonds. The Morgan fingerprint density at radius 3 is 2.16 bits per heavy atom. The number of hydrogen-bond donors (Lipinski definition) is 4. The molecule has 0 saturated carbocycles. The molecule has 0 fully saturated rings. The normalized spacial score (nSPS) is 11.6. The second-order valence-electron chi connectivity index (χ2n) is 8.56. The second kappa shape index (κ2) is 11.9. The molecular weight excluding hydrogens is 402 g/mol. The van der Waals surface area contributed by atoms with Gasteiger partial charge in [-0.05, 0) is 69.5 Å². The van der Waals surface area contributed by atoms with Crippen molar-refractivity contribution < 1.29 is 9.59 Å². The molecule has 2 rings (SSSR count). The Kier molecular flexibility index (Phi) is 9.25. The molecular formula is C25H35N5O2. The van der Waals surface area contributed by atoms with Gasteiger partial charge in [0, 0.05) is 36.8 Å². The van der Waals surface area contributed by atoms with E-state index in [-0.39, 0.29) is 17.4 Å². The molecule has 172 valence electrons. The number of guanidine groups is 1. The SMILES string of the molecule is CCNC(=NCc1cccc(C(=O)NC(C)(C)C)c1)NCCc1cccc(C(=O)NC)c1. The summed E-state index contributed by atoms with van der Waals surface area (Å²) in [6, 6.07) is 15.1. The highest BCUT2D eigenvalue weighted by atomic mass is 16.2. The summed E-state index contributed by atoms with van der Waals surface area (Å²) in [7, 11) is 1.63. The van der Waals surface area contributed by atoms with Crippen LogP contribution in [0.2, 0.25) is 0 Å². The minimum Gasteiger partial charge on any atom is -0.357 e. The standard InChI is InChI=1S/C25H35N5O2/c1-6-27-24(28-14-13-18-9-7-11-20(15-18)22(31)26-5)29-17-19-10-8-12-21(16-19)23(32)30-25(2,3)4/h7-12,15-16H,6,13-14,17H2,1-5H3,(H,26,31)(H,30,32)(H2,27,28,29). The van der Waals surface area contributed by atoms with Crippen molar-refractivity contribution in [3.05, 3.63) is 70.8 Å². The third-order valence-electron chi connectivity index (χ3n) is 4.56. The quantitative estimate of drug-likeness (QED) is 0.377. The molecule has 0 radical (unpaired) electrons. The van der Waals surface area contributed by atoms with E-state index in [4.69, 9.17) is 0 Å². The Morgan fingerprint density at radius 1 is 0.906 bits per heavy atom. The van der Waals surface area contributed by atoms with Crippen molar-refractivity contribution in [1.29, 1.82) is 0 Å². The molecule has 0 aliphatic heterocycles. The topological polar surface area (TPSA) is 94.6 Å². The third-order valence-corrected chi connectivity index (χ3v) is 4.56. The predicted molar refractivity (Wildman–Crippen MR) is 130 cm³/mol.